The van der Waals surface area contributed by atoms with Gasteiger partial charge in [0.1, 0.15) is 5.82 Å². The Hall–Kier alpha value is -3.89. The molecule has 170 valence electrons. The second-order valence-electron chi connectivity index (χ2n) is 7.07. The molecule has 0 spiro atoms. The third-order valence-electron chi connectivity index (χ3n) is 4.74. The van der Waals surface area contributed by atoms with Gasteiger partial charge in [-0.2, -0.15) is 5.10 Å². The van der Waals surface area contributed by atoms with Crippen molar-refractivity contribution in [3.8, 4) is 11.5 Å². The largest absolute Gasteiger partial charge is 0.493 e. The van der Waals surface area contributed by atoms with E-state index in [0.29, 0.717) is 34.6 Å². The van der Waals surface area contributed by atoms with Gasteiger partial charge in [0, 0.05) is 32.1 Å². The van der Waals surface area contributed by atoms with Crippen molar-refractivity contribution in [2.45, 2.75) is 26.3 Å². The molecule has 0 saturated heterocycles. The number of aryl methyl sites for hydroxylation is 3. The van der Waals surface area contributed by atoms with E-state index in [1.807, 2.05) is 0 Å². The highest BCUT2D eigenvalue weighted by Crippen LogP contribution is 2.29. The van der Waals surface area contributed by atoms with Gasteiger partial charge >= 0.3 is 5.97 Å². The molecular formula is C21H25N5O6. The van der Waals surface area contributed by atoms with Gasteiger partial charge in [0.05, 0.1) is 37.1 Å². The number of nitrogens with zero attached hydrogens (tertiary/aromatic N) is 4. The van der Waals surface area contributed by atoms with Gasteiger partial charge in [-0.1, -0.05) is 0 Å². The Morgan fingerprint density at radius 1 is 1.12 bits per heavy atom. The Morgan fingerprint density at radius 3 is 2.50 bits per heavy atom. The number of ether oxygens (including phenoxy) is 3. The van der Waals surface area contributed by atoms with Crippen molar-refractivity contribution < 1.29 is 23.8 Å². The monoisotopic (exact) mass is 443 g/mol. The van der Waals surface area contributed by atoms with E-state index in [-0.39, 0.29) is 18.5 Å². The summed E-state index contributed by atoms with van der Waals surface area (Å²) in [6.07, 6.45) is 1.82. The van der Waals surface area contributed by atoms with Crippen molar-refractivity contribution in [3.05, 3.63) is 40.6 Å². The molecule has 2 heterocycles. The molecule has 3 rings (SSSR count). The summed E-state index contributed by atoms with van der Waals surface area (Å²) in [4.78, 5) is 40.9. The minimum Gasteiger partial charge on any atom is -0.493 e. The zero-order chi connectivity index (χ0) is 23.3. The summed E-state index contributed by atoms with van der Waals surface area (Å²) in [5.74, 6) is 0.436. The Labute approximate surface area is 183 Å². The highest BCUT2D eigenvalue weighted by Gasteiger charge is 2.13. The number of amides is 1. The van der Waals surface area contributed by atoms with Gasteiger partial charge in [-0.15, -0.1) is 0 Å². The zero-order valence-corrected chi connectivity index (χ0v) is 18.4. The van der Waals surface area contributed by atoms with Crippen LogP contribution in [-0.4, -0.2) is 52.0 Å². The number of anilines is 1. The maximum absolute atomic E-state index is 12.7. The molecule has 1 aromatic carbocycles. The topological polar surface area (TPSA) is 127 Å². The van der Waals surface area contributed by atoms with Gasteiger partial charge in [-0.25, -0.2) is 4.98 Å². The van der Waals surface area contributed by atoms with E-state index in [1.54, 1.807) is 32.2 Å². The molecular weight excluding hydrogens is 418 g/mol. The highest BCUT2D eigenvalue weighted by molar-refractivity contribution is 5.92. The van der Waals surface area contributed by atoms with Crippen LogP contribution in [0.1, 0.15) is 18.5 Å². The first-order valence-electron chi connectivity index (χ1n) is 9.89. The number of esters is 1. The van der Waals surface area contributed by atoms with Crippen molar-refractivity contribution in [3.63, 3.8) is 0 Å². The van der Waals surface area contributed by atoms with E-state index in [0.717, 1.165) is 5.69 Å². The second kappa shape index (κ2) is 9.94. The summed E-state index contributed by atoms with van der Waals surface area (Å²) in [5, 5.41) is 7.13. The molecule has 0 radical (unpaired) electrons. The maximum atomic E-state index is 12.7. The van der Waals surface area contributed by atoms with Gasteiger partial charge in [0.25, 0.3) is 11.5 Å². The first-order valence-corrected chi connectivity index (χ1v) is 9.89. The summed E-state index contributed by atoms with van der Waals surface area (Å²) >= 11 is 0. The average Bonchev–Trinajstić information content (AvgIpc) is 3.09. The number of rotatable bonds is 9. The molecule has 3 aromatic rings. The second-order valence-corrected chi connectivity index (χ2v) is 7.07. The molecule has 11 nitrogen and oxygen atoms in total. The summed E-state index contributed by atoms with van der Waals surface area (Å²) in [6, 6.07) is 4.92. The molecule has 11 heteroatoms. The summed E-state index contributed by atoms with van der Waals surface area (Å²) in [5.41, 5.74) is 0.990. The van der Waals surface area contributed by atoms with Crippen molar-refractivity contribution in [1.82, 2.24) is 19.3 Å². The molecule has 0 bridgehead atoms. The number of carbonyl (C=O) groups excluding carboxylic acids is 2. The number of methoxy groups -OCH3 is 2. The Kier molecular flexibility index (Phi) is 7.08. The van der Waals surface area contributed by atoms with Crippen molar-refractivity contribution in [1.29, 1.82) is 0 Å². The molecule has 0 unspecified atom stereocenters. The van der Waals surface area contributed by atoms with Crippen LogP contribution >= 0.6 is 0 Å². The van der Waals surface area contributed by atoms with E-state index in [2.05, 4.69) is 15.4 Å². The lowest BCUT2D eigenvalue weighted by atomic mass is 10.2. The standard InChI is InChI=1S/C21H25N5O6/c1-13-8-18(25(2)24-13)23-19(27)11-32-20(28)6-5-7-26-12-22-15-10-17(31-4)16(30-3)9-14(15)21(26)29/h8-10,12H,5-7,11H2,1-4H3,(H,23,27). The van der Waals surface area contributed by atoms with E-state index in [9.17, 15) is 14.4 Å². The van der Waals surface area contributed by atoms with Crippen LogP contribution < -0.4 is 20.3 Å². The lowest BCUT2D eigenvalue weighted by molar-refractivity contribution is -0.147. The summed E-state index contributed by atoms with van der Waals surface area (Å²) in [6.45, 7) is 1.67. The van der Waals surface area contributed by atoms with Crippen LogP contribution in [0.3, 0.4) is 0 Å². The number of fused-ring (bicyclic) bond motifs is 1. The van der Waals surface area contributed by atoms with Crippen LogP contribution in [0.25, 0.3) is 10.9 Å². The van der Waals surface area contributed by atoms with Crippen LogP contribution in [-0.2, 0) is 27.9 Å². The van der Waals surface area contributed by atoms with Crippen LogP contribution in [0.15, 0.2) is 29.3 Å². The fraction of sp³-hybridized carbons (Fsp3) is 0.381. The van der Waals surface area contributed by atoms with E-state index in [1.165, 1.54) is 29.8 Å². The van der Waals surface area contributed by atoms with E-state index in [4.69, 9.17) is 14.2 Å². The maximum Gasteiger partial charge on any atom is 0.306 e. The molecule has 0 atom stereocenters. The SMILES string of the molecule is COc1cc2ncn(CCCC(=O)OCC(=O)Nc3cc(C)nn3C)c(=O)c2cc1OC. The fourth-order valence-electron chi connectivity index (χ4n) is 3.16. The lowest BCUT2D eigenvalue weighted by Gasteiger charge is -2.10. The van der Waals surface area contributed by atoms with Gasteiger partial charge in [0.2, 0.25) is 0 Å². The van der Waals surface area contributed by atoms with Gasteiger partial charge < -0.3 is 19.5 Å². The van der Waals surface area contributed by atoms with E-state index >= 15 is 0 Å². The van der Waals surface area contributed by atoms with Crippen LogP contribution in [0, 0.1) is 6.92 Å². The average molecular weight is 443 g/mol. The molecule has 32 heavy (non-hydrogen) atoms. The number of hydrogen-bond acceptors (Lipinski definition) is 8. The number of benzene rings is 1. The first kappa shape index (κ1) is 22.8. The predicted octanol–water partition coefficient (Wildman–Crippen LogP) is 1.42. The molecule has 0 saturated carbocycles. The summed E-state index contributed by atoms with van der Waals surface area (Å²) in [7, 11) is 4.69. The molecule has 0 aliphatic rings. The number of nitrogens with one attached hydrogen (secondary N) is 1. The predicted molar refractivity (Wildman–Crippen MR) is 116 cm³/mol. The van der Waals surface area contributed by atoms with Gasteiger partial charge in [-0.05, 0) is 19.4 Å². The Morgan fingerprint density at radius 2 is 1.84 bits per heavy atom. The van der Waals surface area contributed by atoms with Crippen LogP contribution in [0.4, 0.5) is 5.82 Å². The van der Waals surface area contributed by atoms with Crippen LogP contribution in [0.2, 0.25) is 0 Å². The Bertz CT molecular complexity index is 1200. The normalized spacial score (nSPS) is 10.8. The highest BCUT2D eigenvalue weighted by atomic mass is 16.5. The smallest absolute Gasteiger partial charge is 0.306 e. The lowest BCUT2D eigenvalue weighted by Crippen LogP contribution is -2.23. The molecule has 0 aliphatic heterocycles. The molecule has 0 aliphatic carbocycles. The summed E-state index contributed by atoms with van der Waals surface area (Å²) < 4.78 is 18.4. The fourth-order valence-corrected chi connectivity index (χ4v) is 3.16. The van der Waals surface area contributed by atoms with Crippen LogP contribution in [0.5, 0.6) is 11.5 Å². The van der Waals surface area contributed by atoms with Gasteiger partial charge in [-0.3, -0.25) is 23.6 Å². The van der Waals surface area contributed by atoms with Gasteiger partial charge in [0.15, 0.2) is 18.1 Å². The number of carbonyl (C=O) groups is 2. The van der Waals surface area contributed by atoms with Crippen molar-refractivity contribution in [2.24, 2.45) is 7.05 Å². The van der Waals surface area contributed by atoms with E-state index < -0.39 is 18.5 Å². The molecule has 2 aromatic heterocycles. The van der Waals surface area contributed by atoms with Crippen molar-refractivity contribution >= 4 is 28.6 Å². The third-order valence-corrected chi connectivity index (χ3v) is 4.74. The minimum atomic E-state index is -0.533. The number of hydrogen-bond donors (Lipinski definition) is 1. The third kappa shape index (κ3) is 5.23. The van der Waals surface area contributed by atoms with Crippen molar-refractivity contribution in [2.75, 3.05) is 26.1 Å². The Balaban J connectivity index is 1.52. The first-order chi connectivity index (χ1) is 15.3. The zero-order valence-electron chi connectivity index (χ0n) is 18.4. The molecule has 1 amide bonds. The molecule has 0 fully saturated rings. The number of aromatic nitrogens is 4. The molecule has 1 N–H and O–H groups in total. The minimum absolute atomic E-state index is 0.0501. The quantitative estimate of drug-likeness (QED) is 0.492.